The first-order valence-electron chi connectivity index (χ1n) is 5.01. The Labute approximate surface area is 181 Å². The van der Waals surface area contributed by atoms with Crippen LogP contribution < -0.4 is 59.1 Å². The van der Waals surface area contributed by atoms with E-state index < -0.39 is 55.5 Å². The quantitative estimate of drug-likeness (QED) is 0.217. The van der Waals surface area contributed by atoms with Crippen molar-refractivity contribution in [1.82, 2.24) is 0 Å². The van der Waals surface area contributed by atoms with E-state index in [-0.39, 0.29) is 71.7 Å². The molecule has 24 heavy (non-hydrogen) atoms. The van der Waals surface area contributed by atoms with E-state index in [1.165, 1.54) is 0 Å². The van der Waals surface area contributed by atoms with Crippen LogP contribution in [-0.2, 0) is 39.4 Å². The molecule has 0 aromatic heterocycles. The van der Waals surface area contributed by atoms with Crippen LogP contribution in [0.25, 0.3) is 0 Å². The van der Waals surface area contributed by atoms with Crippen LogP contribution in [0, 0.1) is 0 Å². The predicted molar refractivity (Wildman–Crippen MR) is 63.6 cm³/mol. The first kappa shape index (κ1) is 31.8. The molecule has 0 radical (unpaired) electrons. The molecule has 12 nitrogen and oxygen atoms in total. The van der Waals surface area contributed by atoms with E-state index >= 15 is 0 Å². The molecule has 0 bridgehead atoms. The van der Waals surface area contributed by atoms with Crippen LogP contribution in [0.1, 0.15) is 12.8 Å². The maximum absolute atomic E-state index is 10.1. The Kier molecular flexibility index (Phi) is 19.0. The summed E-state index contributed by atoms with van der Waals surface area (Å²) >= 11 is 0. The standard InChI is InChI=1S/2C4H6O6S.2Na/c2*5-2-1-3(4(6)7)11(8,9)10;;/h2*2-3H,1H2,(H,6,7)(H,8,9,10);;/q;;2*+1/p-2. The van der Waals surface area contributed by atoms with Crippen LogP contribution >= 0.6 is 0 Å². The summed E-state index contributed by atoms with van der Waals surface area (Å²) in [5.74, 6) is -3.60. The van der Waals surface area contributed by atoms with Crippen LogP contribution in [-0.4, -0.2) is 71.2 Å². The van der Waals surface area contributed by atoms with Crippen LogP contribution in [0.5, 0.6) is 0 Å². The Balaban J connectivity index is -0.000000154. The Bertz CT molecular complexity index is 569. The number of hydrogen-bond acceptors (Lipinski definition) is 10. The van der Waals surface area contributed by atoms with Crippen LogP contribution in [0.15, 0.2) is 0 Å². The van der Waals surface area contributed by atoms with Gasteiger partial charge in [0.25, 0.3) is 0 Å². The minimum absolute atomic E-state index is 0. The van der Waals surface area contributed by atoms with E-state index in [1.807, 2.05) is 0 Å². The molecule has 0 aromatic rings. The van der Waals surface area contributed by atoms with Gasteiger partial charge in [0, 0.05) is 12.8 Å². The summed E-state index contributed by atoms with van der Waals surface area (Å²) in [6.45, 7) is 0. The van der Waals surface area contributed by atoms with Crippen molar-refractivity contribution < 1.29 is 114 Å². The van der Waals surface area contributed by atoms with E-state index in [0.29, 0.717) is 0 Å². The number of aldehydes is 2. The van der Waals surface area contributed by atoms with Gasteiger partial charge in [-0.3, -0.25) is 9.59 Å². The molecule has 2 atom stereocenters. The van der Waals surface area contributed by atoms with Crippen molar-refractivity contribution in [2.45, 2.75) is 23.3 Å². The molecule has 0 rings (SSSR count). The van der Waals surface area contributed by atoms with Crippen LogP contribution in [0.3, 0.4) is 0 Å². The van der Waals surface area contributed by atoms with Crippen LogP contribution in [0.4, 0.5) is 0 Å². The molecule has 0 amide bonds. The number of hydrogen-bond donors (Lipinski definition) is 2. The molecule has 2 N–H and O–H groups in total. The predicted octanol–water partition coefficient (Wildman–Crippen LogP) is -8.84. The zero-order chi connectivity index (χ0) is 18.1. The summed E-state index contributed by atoms with van der Waals surface area (Å²) in [5.41, 5.74) is 0. The van der Waals surface area contributed by atoms with Gasteiger partial charge in [-0.15, -0.1) is 0 Å². The van der Waals surface area contributed by atoms with Gasteiger partial charge in [-0.05, 0) is 0 Å². The molecule has 0 fully saturated rings. The number of rotatable bonds is 8. The van der Waals surface area contributed by atoms with Gasteiger partial charge in [0.15, 0.2) is 10.5 Å². The van der Waals surface area contributed by atoms with Gasteiger partial charge in [-0.25, -0.2) is 16.8 Å². The fourth-order valence-corrected chi connectivity index (χ4v) is 1.98. The minimum Gasteiger partial charge on any atom is -0.747 e. The molecule has 0 aliphatic rings. The molecule has 0 aromatic carbocycles. The molecule has 0 aliphatic carbocycles. The molecule has 128 valence electrons. The maximum atomic E-state index is 10.1. The van der Waals surface area contributed by atoms with E-state index in [2.05, 4.69) is 0 Å². The van der Waals surface area contributed by atoms with E-state index in [4.69, 9.17) is 10.2 Å². The van der Waals surface area contributed by atoms with Gasteiger partial charge in [0.05, 0.1) is 0 Å². The number of carbonyl (C=O) groups is 4. The van der Waals surface area contributed by atoms with E-state index in [9.17, 15) is 45.1 Å². The average Bonchev–Trinajstić information content (AvgIpc) is 2.30. The van der Waals surface area contributed by atoms with E-state index in [1.54, 1.807) is 0 Å². The minimum atomic E-state index is -4.91. The molecular weight excluding hydrogens is 398 g/mol. The molecule has 0 spiro atoms. The summed E-state index contributed by atoms with van der Waals surface area (Å²) in [5, 5.41) is 11.9. The number of carboxylic acids is 2. The summed E-state index contributed by atoms with van der Waals surface area (Å²) in [7, 11) is -9.81. The second-order valence-electron chi connectivity index (χ2n) is 3.44. The van der Waals surface area contributed by atoms with Crippen molar-refractivity contribution in [3.05, 3.63) is 0 Å². The number of carbonyl (C=O) groups excluding carboxylic acids is 2. The summed E-state index contributed by atoms with van der Waals surface area (Å²) in [6, 6.07) is 0. The van der Waals surface area contributed by atoms with Crippen LogP contribution in [0.2, 0.25) is 0 Å². The van der Waals surface area contributed by atoms with Crippen molar-refractivity contribution in [3.63, 3.8) is 0 Å². The number of aliphatic carboxylic acids is 2. The second kappa shape index (κ2) is 14.3. The van der Waals surface area contributed by atoms with Gasteiger partial charge in [0.1, 0.15) is 32.8 Å². The third-order valence-electron chi connectivity index (χ3n) is 1.87. The first-order valence-corrected chi connectivity index (χ1v) is 7.95. The fourth-order valence-electron chi connectivity index (χ4n) is 0.859. The van der Waals surface area contributed by atoms with Gasteiger partial charge in [0.2, 0.25) is 0 Å². The number of carboxylic acid groups (broad SMARTS) is 2. The molecule has 0 saturated carbocycles. The normalized spacial score (nSPS) is 12.8. The first-order chi connectivity index (χ1) is 9.78. The van der Waals surface area contributed by atoms with Gasteiger partial charge >= 0.3 is 71.1 Å². The van der Waals surface area contributed by atoms with Gasteiger partial charge in [-0.1, -0.05) is 0 Å². The zero-order valence-electron chi connectivity index (χ0n) is 12.5. The molecule has 0 saturated heterocycles. The van der Waals surface area contributed by atoms with Crippen molar-refractivity contribution >= 4 is 44.7 Å². The Hall–Kier alpha value is 0.100. The van der Waals surface area contributed by atoms with Gasteiger partial charge in [-0.2, -0.15) is 0 Å². The largest absolute Gasteiger partial charge is 1.00 e. The molecule has 16 heteroatoms. The fraction of sp³-hybridized carbons (Fsp3) is 0.500. The Morgan fingerprint density at radius 3 is 1.04 bits per heavy atom. The third kappa shape index (κ3) is 14.4. The summed E-state index contributed by atoms with van der Waals surface area (Å²) in [6.07, 6.45) is -1.45. The smallest absolute Gasteiger partial charge is 0.747 e. The second-order valence-corrected chi connectivity index (χ2v) is 6.55. The van der Waals surface area contributed by atoms with Crippen molar-refractivity contribution in [2.24, 2.45) is 0 Å². The molecule has 2 unspecified atom stereocenters. The Morgan fingerprint density at radius 2 is 1.00 bits per heavy atom. The topological polar surface area (TPSA) is 223 Å². The van der Waals surface area contributed by atoms with Crippen molar-refractivity contribution in [2.75, 3.05) is 0 Å². The summed E-state index contributed by atoms with van der Waals surface area (Å²) < 4.78 is 60.4. The average molecular weight is 408 g/mol. The van der Waals surface area contributed by atoms with E-state index in [0.717, 1.165) is 0 Å². The van der Waals surface area contributed by atoms with Gasteiger partial charge < -0.3 is 28.9 Å². The zero-order valence-corrected chi connectivity index (χ0v) is 18.2. The van der Waals surface area contributed by atoms with Crippen molar-refractivity contribution in [3.8, 4) is 0 Å². The monoisotopic (exact) mass is 408 g/mol. The molecule has 0 aliphatic heterocycles. The van der Waals surface area contributed by atoms with Crippen molar-refractivity contribution in [1.29, 1.82) is 0 Å². The SMILES string of the molecule is O=CCC(C(=O)O)S(=O)(=O)[O-].O=CCC(C(=O)O)S(=O)(=O)[O-].[Na+].[Na+]. The Morgan fingerprint density at radius 1 is 0.792 bits per heavy atom. The maximum Gasteiger partial charge on any atom is 1.00 e. The molecular formula is C8H10Na2O12S2. The molecule has 0 heterocycles. The summed E-state index contributed by atoms with van der Waals surface area (Å²) in [4.78, 5) is 39.4. The third-order valence-corrected chi connectivity index (χ3v) is 4.05.